The zero-order chi connectivity index (χ0) is 11.6. The van der Waals surface area contributed by atoms with Crippen molar-refractivity contribution in [2.45, 2.75) is 24.4 Å². The molecule has 0 heterocycles. The van der Waals surface area contributed by atoms with E-state index in [4.69, 9.17) is 28.3 Å². The van der Waals surface area contributed by atoms with E-state index in [1.165, 1.54) is 0 Å². The highest BCUT2D eigenvalue weighted by atomic mass is 16.4. The summed E-state index contributed by atoms with van der Waals surface area (Å²) in [6.45, 7) is -1.06. The number of hydrogen-bond donors (Lipinski definition) is 5. The molecule has 12 heavy (non-hydrogen) atoms. The second kappa shape index (κ2) is 5.18. The fourth-order valence-corrected chi connectivity index (χ4v) is 0.492. The molecule has 0 aromatic rings. The molecular formula is C6H12O6. The van der Waals surface area contributed by atoms with Crippen molar-refractivity contribution in [2.24, 2.45) is 0 Å². The maximum atomic E-state index is 10.1. The topological polar surface area (TPSA) is 118 Å². The molecule has 0 rings (SSSR count). The molecular weight excluding hydrogens is 168 g/mol. The molecule has 0 bridgehead atoms. The van der Waals surface area contributed by atoms with E-state index in [1.54, 1.807) is 0 Å². The van der Waals surface area contributed by atoms with Gasteiger partial charge in [0.25, 0.3) is 0 Å². The first-order valence-electron chi connectivity index (χ1n) is 4.08. The number of aliphatic hydroxyl groups is 5. The number of rotatable bonds is 5. The third-order valence-corrected chi connectivity index (χ3v) is 1.20. The van der Waals surface area contributed by atoms with Crippen LogP contribution in [0.5, 0.6) is 0 Å². The van der Waals surface area contributed by atoms with E-state index in [2.05, 4.69) is 0 Å². The van der Waals surface area contributed by atoms with E-state index in [9.17, 15) is 4.79 Å². The van der Waals surface area contributed by atoms with Crippen molar-refractivity contribution in [3.8, 4) is 0 Å². The first-order chi connectivity index (χ1) is 6.20. The van der Waals surface area contributed by atoms with Gasteiger partial charge in [-0.15, -0.1) is 0 Å². The van der Waals surface area contributed by atoms with E-state index < -0.39 is 37.3 Å². The van der Waals surface area contributed by atoms with Crippen molar-refractivity contribution in [1.29, 1.82) is 0 Å². The Labute approximate surface area is 71.5 Å². The molecule has 0 aromatic heterocycles. The standard InChI is InChI=1S/C6H12O6/c7-1-3(9)5(11)6(12)4(10)2-8/h1,3-6,8-12H,2H2/t3-,4+,5+,6+/m0/s1/i3D,6D. The van der Waals surface area contributed by atoms with Crippen LogP contribution in [0.15, 0.2) is 0 Å². The molecule has 6 nitrogen and oxygen atoms in total. The van der Waals surface area contributed by atoms with Crippen LogP contribution < -0.4 is 0 Å². The van der Waals surface area contributed by atoms with Crippen molar-refractivity contribution >= 4 is 6.29 Å². The summed E-state index contributed by atoms with van der Waals surface area (Å²) in [5, 5.41) is 44.2. The molecule has 0 aromatic carbocycles. The molecule has 0 aliphatic carbocycles. The summed E-state index contributed by atoms with van der Waals surface area (Å²) in [6, 6.07) is 0. The Morgan fingerprint density at radius 2 is 1.83 bits per heavy atom. The molecule has 0 radical (unpaired) electrons. The van der Waals surface area contributed by atoms with Gasteiger partial charge in [0, 0.05) is 0 Å². The average molecular weight is 182 g/mol. The summed E-state index contributed by atoms with van der Waals surface area (Å²) >= 11 is 0. The molecule has 0 spiro atoms. The SMILES string of the molecule is [2H][C@@](O)([C@H](O)CO)[C@H](O)[C@@]([2H])(O)C=O. The summed E-state index contributed by atoms with van der Waals surface area (Å²) in [7, 11) is 0. The number of aldehydes is 1. The fraction of sp³-hybridized carbons (Fsp3) is 0.833. The summed E-state index contributed by atoms with van der Waals surface area (Å²) in [5.41, 5.74) is 0. The largest absolute Gasteiger partial charge is 0.394 e. The van der Waals surface area contributed by atoms with Crippen LogP contribution in [0.25, 0.3) is 0 Å². The van der Waals surface area contributed by atoms with Gasteiger partial charge in [-0.1, -0.05) is 0 Å². The minimum atomic E-state index is -3.12. The van der Waals surface area contributed by atoms with Crippen LogP contribution >= 0.6 is 0 Å². The van der Waals surface area contributed by atoms with Gasteiger partial charge in [0.05, 0.1) is 9.35 Å². The lowest BCUT2D eigenvalue weighted by Gasteiger charge is -2.22. The molecule has 5 N–H and O–H groups in total. The van der Waals surface area contributed by atoms with Crippen molar-refractivity contribution in [1.82, 2.24) is 0 Å². The Bertz CT molecular complexity index is 206. The minimum Gasteiger partial charge on any atom is -0.394 e. The summed E-state index contributed by atoms with van der Waals surface area (Å²) < 4.78 is 13.7. The average Bonchev–Trinajstić information content (AvgIpc) is 2.15. The molecule has 0 fully saturated rings. The summed E-state index contributed by atoms with van der Waals surface area (Å²) in [4.78, 5) is 10.1. The van der Waals surface area contributed by atoms with Gasteiger partial charge >= 0.3 is 0 Å². The number of carbonyl (C=O) groups excluding carboxylic acids is 1. The molecule has 0 saturated carbocycles. The van der Waals surface area contributed by atoms with E-state index in [0.717, 1.165) is 0 Å². The smallest absolute Gasteiger partial charge is 0.151 e. The molecule has 0 unspecified atom stereocenters. The normalized spacial score (nSPS) is 28.8. The Morgan fingerprint density at radius 3 is 2.17 bits per heavy atom. The molecule has 72 valence electrons. The van der Waals surface area contributed by atoms with Gasteiger partial charge in [0.15, 0.2) is 6.29 Å². The van der Waals surface area contributed by atoms with Crippen LogP contribution in [-0.4, -0.2) is 62.8 Å². The van der Waals surface area contributed by atoms with Crippen LogP contribution in [0, 0.1) is 0 Å². The first kappa shape index (κ1) is 8.09. The van der Waals surface area contributed by atoms with Crippen LogP contribution in [0.3, 0.4) is 0 Å². The number of aliphatic hydroxyl groups excluding tert-OH is 3. The Balaban J connectivity index is 4.82. The van der Waals surface area contributed by atoms with Gasteiger partial charge in [0.2, 0.25) is 0 Å². The van der Waals surface area contributed by atoms with Crippen molar-refractivity contribution in [3.63, 3.8) is 0 Å². The van der Waals surface area contributed by atoms with Crippen LogP contribution in [0.4, 0.5) is 0 Å². The van der Waals surface area contributed by atoms with Crippen molar-refractivity contribution in [3.05, 3.63) is 0 Å². The number of hydrogen-bond acceptors (Lipinski definition) is 6. The Hall–Kier alpha value is -0.530. The molecule has 0 aliphatic heterocycles. The van der Waals surface area contributed by atoms with Crippen molar-refractivity contribution in [2.75, 3.05) is 6.61 Å². The minimum absolute atomic E-state index is 0.402. The van der Waals surface area contributed by atoms with Crippen LogP contribution in [-0.2, 0) is 4.79 Å². The van der Waals surface area contributed by atoms with Crippen LogP contribution in [0.2, 0.25) is 0 Å². The maximum Gasteiger partial charge on any atom is 0.151 e. The quantitative estimate of drug-likeness (QED) is 0.283. The molecule has 0 amide bonds. The second-order valence-corrected chi connectivity index (χ2v) is 2.07. The lowest BCUT2D eigenvalue weighted by atomic mass is 10.0. The zero-order valence-electron chi connectivity index (χ0n) is 8.08. The molecule has 0 saturated heterocycles. The van der Waals surface area contributed by atoms with Crippen LogP contribution in [0.1, 0.15) is 2.74 Å². The van der Waals surface area contributed by atoms with Gasteiger partial charge < -0.3 is 30.3 Å². The summed E-state index contributed by atoms with van der Waals surface area (Å²) in [6.07, 6.45) is -11.3. The molecule has 6 heteroatoms. The van der Waals surface area contributed by atoms with Gasteiger partial charge in [0.1, 0.15) is 24.4 Å². The monoisotopic (exact) mass is 182 g/mol. The fourth-order valence-electron chi connectivity index (χ4n) is 0.492. The van der Waals surface area contributed by atoms with Gasteiger partial charge in [-0.05, 0) is 0 Å². The maximum absolute atomic E-state index is 10.1. The number of carbonyl (C=O) groups is 1. The van der Waals surface area contributed by atoms with Gasteiger partial charge in [-0.2, -0.15) is 0 Å². The highest BCUT2D eigenvalue weighted by molar-refractivity contribution is 5.56. The van der Waals surface area contributed by atoms with E-state index in [0.29, 0.717) is 0 Å². The third kappa shape index (κ3) is 2.84. The second-order valence-electron chi connectivity index (χ2n) is 2.07. The third-order valence-electron chi connectivity index (χ3n) is 1.20. The van der Waals surface area contributed by atoms with Crippen molar-refractivity contribution < 1.29 is 33.1 Å². The summed E-state index contributed by atoms with van der Waals surface area (Å²) in [5.74, 6) is 0. The predicted octanol–water partition coefficient (Wildman–Crippen LogP) is -3.38. The molecule has 0 aliphatic rings. The van der Waals surface area contributed by atoms with E-state index in [-0.39, 0.29) is 0 Å². The lowest BCUT2D eigenvalue weighted by molar-refractivity contribution is -0.136. The zero-order valence-corrected chi connectivity index (χ0v) is 6.08. The first-order valence-corrected chi connectivity index (χ1v) is 3.08. The molecule has 4 atom stereocenters. The van der Waals surface area contributed by atoms with E-state index in [1.807, 2.05) is 0 Å². The predicted molar refractivity (Wildman–Crippen MR) is 37.2 cm³/mol. The highest BCUT2D eigenvalue weighted by Gasteiger charge is 2.29. The van der Waals surface area contributed by atoms with Gasteiger partial charge in [-0.25, -0.2) is 0 Å². The lowest BCUT2D eigenvalue weighted by Crippen LogP contribution is -2.46. The van der Waals surface area contributed by atoms with Gasteiger partial charge in [-0.3, -0.25) is 0 Å². The Kier molecular flexibility index (Phi) is 3.49. The van der Waals surface area contributed by atoms with E-state index >= 15 is 0 Å². The Morgan fingerprint density at radius 1 is 1.33 bits per heavy atom. The highest BCUT2D eigenvalue weighted by Crippen LogP contribution is 2.02.